The molecule has 0 saturated heterocycles. The highest BCUT2D eigenvalue weighted by Gasteiger charge is 2.05. The van der Waals surface area contributed by atoms with Crippen molar-refractivity contribution >= 4 is 23.9 Å². The van der Waals surface area contributed by atoms with E-state index in [0.717, 1.165) is 25.0 Å². The van der Waals surface area contributed by atoms with E-state index in [2.05, 4.69) is 13.8 Å². The highest BCUT2D eigenvalue weighted by molar-refractivity contribution is 5.91. The summed E-state index contributed by atoms with van der Waals surface area (Å²) in [6.07, 6.45) is 4.65. The molecule has 0 aliphatic carbocycles. The number of allylic oxidation sites excluding steroid dienone is 1. The van der Waals surface area contributed by atoms with Crippen LogP contribution < -0.4 is 5.73 Å². The van der Waals surface area contributed by atoms with Crippen LogP contribution in [0.3, 0.4) is 0 Å². The first-order valence-corrected chi connectivity index (χ1v) is 8.73. The molecule has 0 radical (unpaired) electrons. The normalized spacial score (nSPS) is 9.88. The molecule has 0 aromatic heterocycles. The van der Waals surface area contributed by atoms with Crippen LogP contribution in [0.4, 0.5) is 0 Å². The van der Waals surface area contributed by atoms with Crippen molar-refractivity contribution in [3.63, 3.8) is 0 Å². The molecule has 0 aromatic rings. The fourth-order valence-corrected chi connectivity index (χ4v) is 1.13. The van der Waals surface area contributed by atoms with Gasteiger partial charge in [-0.25, -0.2) is 0 Å². The maximum atomic E-state index is 11.0. The highest BCUT2D eigenvalue weighted by atomic mass is 16.3. The maximum Gasteiger partial charge on any atom is 0.246 e. The lowest BCUT2D eigenvalue weighted by molar-refractivity contribution is -0.125. The molecule has 0 heterocycles. The Labute approximate surface area is 157 Å². The molecule has 0 spiro atoms. The number of likely N-dealkylation sites (N-methyl/N-ethyl adjacent to an activating group) is 1. The van der Waals surface area contributed by atoms with E-state index in [0.29, 0.717) is 30.5 Å². The molecule has 0 rings (SSSR count). The third kappa shape index (κ3) is 29.9. The number of hydrogen-bond donors (Lipinski definition) is 2. The minimum Gasteiger partial charge on any atom is -0.396 e. The summed E-state index contributed by atoms with van der Waals surface area (Å²) in [5.41, 5.74) is 4.89. The summed E-state index contributed by atoms with van der Waals surface area (Å²) in [4.78, 5) is 42.9. The van der Waals surface area contributed by atoms with Crippen molar-refractivity contribution in [2.75, 3.05) is 20.2 Å². The van der Waals surface area contributed by atoms with Gasteiger partial charge in [-0.2, -0.15) is 0 Å². The van der Waals surface area contributed by atoms with Crippen LogP contribution in [0.25, 0.3) is 0 Å². The number of amides is 2. The zero-order valence-corrected chi connectivity index (χ0v) is 17.0. The fraction of sp³-hybridized carbons (Fsp3) is 0.684. The number of nitrogens with zero attached hydrogens (tertiary/aromatic N) is 1. The first kappa shape index (κ1) is 28.8. The summed E-state index contributed by atoms with van der Waals surface area (Å²) >= 11 is 0. The number of primary amides is 1. The smallest absolute Gasteiger partial charge is 0.246 e. The molecular weight excluding hydrogens is 336 g/mol. The van der Waals surface area contributed by atoms with Crippen molar-refractivity contribution in [1.29, 1.82) is 0 Å². The van der Waals surface area contributed by atoms with Crippen LogP contribution in [0.1, 0.15) is 53.9 Å². The Morgan fingerprint density at radius 1 is 1.08 bits per heavy atom. The summed E-state index contributed by atoms with van der Waals surface area (Å²) in [5.74, 6) is 0.625. The van der Waals surface area contributed by atoms with E-state index >= 15 is 0 Å². The number of aliphatic hydroxyl groups excluding tert-OH is 1. The van der Waals surface area contributed by atoms with Crippen LogP contribution >= 0.6 is 0 Å². The number of aliphatic hydroxyl groups is 1. The molecule has 26 heavy (non-hydrogen) atoms. The Kier molecular flexibility index (Phi) is 21.4. The lowest BCUT2D eigenvalue weighted by atomic mass is 10.1. The first-order chi connectivity index (χ1) is 12.0. The Balaban J connectivity index is -0.000000346. The second-order valence-electron chi connectivity index (χ2n) is 6.68. The Bertz CT molecular complexity index is 432. The largest absolute Gasteiger partial charge is 0.396 e. The highest BCUT2D eigenvalue weighted by Crippen LogP contribution is 2.02. The Morgan fingerprint density at radius 2 is 1.58 bits per heavy atom. The molecule has 7 heteroatoms. The average Bonchev–Trinajstić information content (AvgIpc) is 2.56. The average molecular weight is 373 g/mol. The topological polar surface area (TPSA) is 118 Å². The van der Waals surface area contributed by atoms with Crippen molar-refractivity contribution in [3.05, 3.63) is 12.2 Å². The van der Waals surface area contributed by atoms with Gasteiger partial charge in [-0.05, 0) is 31.3 Å². The summed E-state index contributed by atoms with van der Waals surface area (Å²) in [5, 5.41) is 8.14. The van der Waals surface area contributed by atoms with Crippen molar-refractivity contribution in [3.8, 4) is 0 Å². The molecule has 0 aliphatic rings. The SMILES string of the molecule is CC(=O)CCC(C)C.CC(C)CO.CN(CCC(N)=O)C(=O)/C=C\C=O. The zero-order valence-electron chi connectivity index (χ0n) is 17.0. The van der Waals surface area contributed by atoms with E-state index in [1.807, 2.05) is 13.8 Å². The predicted octanol–water partition coefficient (Wildman–Crippen LogP) is 1.72. The van der Waals surface area contributed by atoms with Gasteiger partial charge >= 0.3 is 0 Å². The molecule has 0 unspecified atom stereocenters. The molecule has 152 valence electrons. The Morgan fingerprint density at radius 3 is 1.85 bits per heavy atom. The van der Waals surface area contributed by atoms with E-state index in [9.17, 15) is 19.2 Å². The molecule has 0 aromatic carbocycles. The van der Waals surface area contributed by atoms with Crippen LogP contribution in [0.2, 0.25) is 0 Å². The minimum absolute atomic E-state index is 0.122. The summed E-state index contributed by atoms with van der Waals surface area (Å²) in [6.45, 7) is 10.4. The molecule has 3 N–H and O–H groups in total. The van der Waals surface area contributed by atoms with E-state index in [1.54, 1.807) is 6.92 Å². The van der Waals surface area contributed by atoms with Crippen molar-refractivity contribution < 1.29 is 24.3 Å². The number of Topliss-reactive ketones (excluding diaryl/α,β-unsaturated/α-hetero) is 1. The minimum atomic E-state index is -0.459. The number of carbonyl (C=O) groups is 4. The number of nitrogens with two attached hydrogens (primary N) is 1. The van der Waals surface area contributed by atoms with Gasteiger partial charge in [-0.1, -0.05) is 27.7 Å². The zero-order chi connectivity index (χ0) is 21.1. The second kappa shape index (κ2) is 19.3. The number of rotatable bonds is 9. The standard InChI is InChI=1S/C8H12N2O3.C7H14O.C4H10O/c1-10(5-4-7(9)12)8(13)3-2-6-11;1-6(2)4-5-7(3)8;1-4(2)3-5/h2-3,6H,4-5H2,1H3,(H2,9,12);6H,4-5H2,1-3H3;4-5H,3H2,1-2H3/b3-2-;;. The van der Waals surface area contributed by atoms with E-state index in [4.69, 9.17) is 10.8 Å². The monoisotopic (exact) mass is 372 g/mol. The number of carbonyl (C=O) groups excluding carboxylic acids is 4. The van der Waals surface area contributed by atoms with Crippen molar-refractivity contribution in [2.24, 2.45) is 17.6 Å². The van der Waals surface area contributed by atoms with Crippen LogP contribution in [0, 0.1) is 11.8 Å². The third-order valence-corrected chi connectivity index (χ3v) is 2.83. The van der Waals surface area contributed by atoms with Gasteiger partial charge in [-0.3, -0.25) is 14.4 Å². The fourth-order valence-electron chi connectivity index (χ4n) is 1.13. The van der Waals surface area contributed by atoms with Gasteiger partial charge in [0.2, 0.25) is 11.8 Å². The third-order valence-electron chi connectivity index (χ3n) is 2.83. The van der Waals surface area contributed by atoms with Gasteiger partial charge in [0.05, 0.1) is 0 Å². The van der Waals surface area contributed by atoms with E-state index in [-0.39, 0.29) is 18.9 Å². The quantitative estimate of drug-likeness (QED) is 0.472. The summed E-state index contributed by atoms with van der Waals surface area (Å²) in [7, 11) is 1.53. The lowest BCUT2D eigenvalue weighted by Gasteiger charge is -2.12. The van der Waals surface area contributed by atoms with E-state index in [1.165, 1.54) is 11.9 Å². The van der Waals surface area contributed by atoms with Gasteiger partial charge < -0.3 is 20.5 Å². The maximum absolute atomic E-state index is 11.0. The van der Waals surface area contributed by atoms with Crippen LogP contribution in [-0.2, 0) is 19.2 Å². The van der Waals surface area contributed by atoms with Gasteiger partial charge in [-0.15, -0.1) is 0 Å². The summed E-state index contributed by atoms with van der Waals surface area (Å²) in [6, 6.07) is 0. The number of aldehydes is 1. The molecule has 2 amide bonds. The second-order valence-corrected chi connectivity index (χ2v) is 6.68. The first-order valence-electron chi connectivity index (χ1n) is 8.73. The van der Waals surface area contributed by atoms with Crippen molar-refractivity contribution in [2.45, 2.75) is 53.9 Å². The molecule has 0 bridgehead atoms. The van der Waals surface area contributed by atoms with Gasteiger partial charge in [0.1, 0.15) is 12.1 Å². The lowest BCUT2D eigenvalue weighted by Crippen LogP contribution is -2.29. The number of hydrogen-bond acceptors (Lipinski definition) is 5. The molecule has 0 atom stereocenters. The molecule has 0 aliphatic heterocycles. The van der Waals surface area contributed by atoms with Crippen LogP contribution in [0.5, 0.6) is 0 Å². The molecule has 0 fully saturated rings. The number of ketones is 1. The van der Waals surface area contributed by atoms with Crippen LogP contribution in [-0.4, -0.2) is 54.1 Å². The van der Waals surface area contributed by atoms with Gasteiger partial charge in [0.15, 0.2) is 0 Å². The molecular formula is C19H36N2O5. The summed E-state index contributed by atoms with van der Waals surface area (Å²) < 4.78 is 0. The molecule has 0 saturated carbocycles. The van der Waals surface area contributed by atoms with E-state index < -0.39 is 5.91 Å². The Hall–Kier alpha value is -2.02. The predicted molar refractivity (Wildman–Crippen MR) is 103 cm³/mol. The van der Waals surface area contributed by atoms with Crippen molar-refractivity contribution in [1.82, 2.24) is 4.90 Å². The van der Waals surface area contributed by atoms with Crippen LogP contribution in [0.15, 0.2) is 12.2 Å². The molecule has 7 nitrogen and oxygen atoms in total. The van der Waals surface area contributed by atoms with Gasteiger partial charge in [0.25, 0.3) is 0 Å². The van der Waals surface area contributed by atoms with Gasteiger partial charge in [0, 0.05) is 39.1 Å².